The Balaban J connectivity index is 1.32. The third-order valence-electron chi connectivity index (χ3n) is 8.18. The second-order valence-corrected chi connectivity index (χ2v) is 11.7. The number of aryl methyl sites for hydroxylation is 1. The number of amides is 4. The maximum Gasteiger partial charge on any atom is 0.414 e. The smallest absolute Gasteiger partial charge is 0.414 e. The molecule has 3 aromatic carbocycles. The number of aliphatic hydroxyl groups is 1. The zero-order valence-electron chi connectivity index (χ0n) is 26.0. The average molecular weight is 630 g/mol. The van der Waals surface area contributed by atoms with Crippen LogP contribution >= 0.6 is 0 Å². The van der Waals surface area contributed by atoms with Gasteiger partial charge in [-0.2, -0.15) is 0 Å². The second kappa shape index (κ2) is 17.2. The molecular weight excluding hydrogens is 586 g/mol. The number of alkyl carbamates (subject to hydrolysis) is 1. The van der Waals surface area contributed by atoms with E-state index in [2.05, 4.69) is 21.3 Å². The summed E-state index contributed by atoms with van der Waals surface area (Å²) in [7, 11) is 0. The Morgan fingerprint density at radius 1 is 0.957 bits per heavy atom. The lowest BCUT2D eigenvalue weighted by Gasteiger charge is -2.29. The number of ether oxygens (including phenoxy) is 1. The molecule has 7 N–H and O–H groups in total. The molecule has 244 valence electrons. The summed E-state index contributed by atoms with van der Waals surface area (Å²) in [6.07, 6.45) is -1.16. The van der Waals surface area contributed by atoms with Gasteiger partial charge in [0.1, 0.15) is 6.61 Å². The molecule has 4 amide bonds. The van der Waals surface area contributed by atoms with Gasteiger partial charge in [0, 0.05) is 6.54 Å². The van der Waals surface area contributed by atoms with E-state index in [1.165, 1.54) is 0 Å². The molecule has 1 saturated heterocycles. The summed E-state index contributed by atoms with van der Waals surface area (Å²) in [6, 6.07) is 23.7. The number of imide groups is 1. The van der Waals surface area contributed by atoms with Gasteiger partial charge in [-0.05, 0) is 60.9 Å². The van der Waals surface area contributed by atoms with Crippen LogP contribution in [0.4, 0.5) is 4.79 Å². The number of benzene rings is 3. The third kappa shape index (κ3) is 10.5. The molecule has 0 spiro atoms. The minimum absolute atomic E-state index is 0.0166. The molecule has 11 heteroatoms. The zero-order chi connectivity index (χ0) is 32.9. The molecule has 4 rings (SSSR count). The molecule has 5 atom stereocenters. The van der Waals surface area contributed by atoms with Crippen molar-refractivity contribution < 1.29 is 29.0 Å². The number of hydrogen-bond acceptors (Lipinski definition) is 8. The molecule has 11 nitrogen and oxygen atoms in total. The molecule has 0 aromatic heterocycles. The van der Waals surface area contributed by atoms with Gasteiger partial charge in [0.15, 0.2) is 0 Å². The molecule has 1 aliphatic heterocycles. The van der Waals surface area contributed by atoms with Gasteiger partial charge in [0.2, 0.25) is 17.7 Å². The van der Waals surface area contributed by atoms with Crippen LogP contribution in [-0.2, 0) is 38.7 Å². The van der Waals surface area contributed by atoms with Gasteiger partial charge >= 0.3 is 6.09 Å². The Hall–Kier alpha value is -4.58. The summed E-state index contributed by atoms with van der Waals surface area (Å²) in [5.74, 6) is -1.72. The van der Waals surface area contributed by atoms with E-state index in [0.29, 0.717) is 25.9 Å². The number of rotatable bonds is 14. The number of hydrogen-bond donors (Lipinski definition) is 6. The van der Waals surface area contributed by atoms with Gasteiger partial charge in [-0.15, -0.1) is 0 Å². The van der Waals surface area contributed by atoms with Crippen molar-refractivity contribution in [3.05, 3.63) is 107 Å². The Bertz CT molecular complexity index is 1450. The predicted octanol–water partition coefficient (Wildman–Crippen LogP) is 2.24. The lowest BCUT2D eigenvalue weighted by atomic mass is 9.88. The molecule has 46 heavy (non-hydrogen) atoms. The van der Waals surface area contributed by atoms with Gasteiger partial charge in [0.25, 0.3) is 0 Å². The highest BCUT2D eigenvalue weighted by molar-refractivity contribution is 5.95. The summed E-state index contributed by atoms with van der Waals surface area (Å²) < 4.78 is 5.06. The lowest BCUT2D eigenvalue weighted by molar-refractivity contribution is -0.128. The second-order valence-electron chi connectivity index (χ2n) is 11.7. The maximum absolute atomic E-state index is 13.1. The van der Waals surface area contributed by atoms with E-state index >= 15 is 0 Å². The van der Waals surface area contributed by atoms with E-state index in [-0.39, 0.29) is 24.9 Å². The van der Waals surface area contributed by atoms with Crippen LogP contribution in [0.15, 0.2) is 84.9 Å². The fourth-order valence-electron chi connectivity index (χ4n) is 5.55. The van der Waals surface area contributed by atoms with Crippen molar-refractivity contribution in [3.8, 4) is 0 Å². The monoisotopic (exact) mass is 629 g/mol. The summed E-state index contributed by atoms with van der Waals surface area (Å²) in [5.41, 5.74) is 9.81. The summed E-state index contributed by atoms with van der Waals surface area (Å²) in [4.78, 5) is 50.7. The van der Waals surface area contributed by atoms with Crippen LogP contribution in [0.5, 0.6) is 0 Å². The first kappa shape index (κ1) is 34.3. The molecule has 0 bridgehead atoms. The average Bonchev–Trinajstić information content (AvgIpc) is 3.52. The minimum Gasteiger partial charge on any atom is -0.444 e. The number of carbonyl (C=O) groups excluding carboxylic acids is 4. The summed E-state index contributed by atoms with van der Waals surface area (Å²) in [6.45, 7) is 3.01. The van der Waals surface area contributed by atoms with Gasteiger partial charge in [0.05, 0.1) is 30.7 Å². The van der Waals surface area contributed by atoms with Crippen LogP contribution < -0.4 is 27.0 Å². The van der Waals surface area contributed by atoms with Crippen molar-refractivity contribution in [1.29, 1.82) is 0 Å². The first-order valence-corrected chi connectivity index (χ1v) is 15.5. The highest BCUT2D eigenvalue weighted by Crippen LogP contribution is 2.24. The van der Waals surface area contributed by atoms with E-state index < -0.39 is 48.6 Å². The van der Waals surface area contributed by atoms with E-state index in [9.17, 15) is 24.3 Å². The molecule has 3 aromatic rings. The van der Waals surface area contributed by atoms with Gasteiger partial charge in [-0.1, -0.05) is 84.9 Å². The van der Waals surface area contributed by atoms with E-state index in [0.717, 1.165) is 22.3 Å². The Morgan fingerprint density at radius 3 is 2.30 bits per heavy atom. The molecule has 1 fully saturated rings. The summed E-state index contributed by atoms with van der Waals surface area (Å²) >= 11 is 0. The lowest BCUT2D eigenvalue weighted by Crippen LogP contribution is -2.53. The highest BCUT2D eigenvalue weighted by atomic mass is 16.5. The normalized spacial score (nSPS) is 17.7. The van der Waals surface area contributed by atoms with Crippen LogP contribution in [0.3, 0.4) is 0 Å². The quantitative estimate of drug-likeness (QED) is 0.158. The molecule has 1 heterocycles. The first-order valence-electron chi connectivity index (χ1n) is 15.5. The predicted molar refractivity (Wildman–Crippen MR) is 173 cm³/mol. The first-order chi connectivity index (χ1) is 22.2. The summed E-state index contributed by atoms with van der Waals surface area (Å²) in [5, 5.41) is 22.6. The van der Waals surface area contributed by atoms with Crippen molar-refractivity contribution >= 4 is 23.8 Å². The molecule has 0 saturated carbocycles. The standard InChI is InChI=1S/C35H43N5O6/c1-23-10-8-9-15-27(23)21-38-34(44)32-26(16-17-37-32)19-30(41)29(18-24-11-4-2-5-12-24)39-33(43)28(36)20-31(42)40-35(45)46-22-25-13-6-3-7-14-25/h2-15,26,28-30,32,37,41H,16-22,36H2,1H3,(H,38,44)(H,39,43)(H,40,42,45)/t26?,28-,29-,30-,32?/m0/s1. The van der Waals surface area contributed by atoms with Crippen LogP contribution in [0.25, 0.3) is 0 Å². The fraction of sp³-hybridized carbons (Fsp3) is 0.371. The Kier molecular flexibility index (Phi) is 12.8. The SMILES string of the molecule is Cc1ccccc1CNC(=O)C1NCCC1C[C@H](O)[C@H](Cc1ccccc1)NC(=O)[C@@H](N)CC(=O)NC(=O)OCc1ccccc1. The van der Waals surface area contributed by atoms with E-state index in [4.69, 9.17) is 10.5 Å². The largest absolute Gasteiger partial charge is 0.444 e. The van der Waals surface area contributed by atoms with Crippen molar-refractivity contribution in [1.82, 2.24) is 21.3 Å². The van der Waals surface area contributed by atoms with Crippen molar-refractivity contribution in [3.63, 3.8) is 0 Å². The zero-order valence-corrected chi connectivity index (χ0v) is 26.0. The molecular formula is C35H43N5O6. The maximum atomic E-state index is 13.1. The van der Waals surface area contributed by atoms with Gasteiger partial charge < -0.3 is 31.5 Å². The van der Waals surface area contributed by atoms with Crippen molar-refractivity contribution in [2.75, 3.05) is 6.54 Å². The fourth-order valence-corrected chi connectivity index (χ4v) is 5.55. The van der Waals surface area contributed by atoms with Gasteiger partial charge in [-0.3, -0.25) is 19.7 Å². The van der Waals surface area contributed by atoms with Crippen LogP contribution in [0.1, 0.15) is 41.5 Å². The van der Waals surface area contributed by atoms with Crippen molar-refractivity contribution in [2.24, 2.45) is 11.7 Å². The van der Waals surface area contributed by atoms with Crippen LogP contribution in [-0.4, -0.2) is 59.7 Å². The minimum atomic E-state index is -1.28. The number of nitrogens with two attached hydrogens (primary N) is 1. The Morgan fingerprint density at radius 2 is 1.61 bits per heavy atom. The van der Waals surface area contributed by atoms with Crippen LogP contribution in [0.2, 0.25) is 0 Å². The third-order valence-corrected chi connectivity index (χ3v) is 8.18. The van der Waals surface area contributed by atoms with Crippen LogP contribution in [0, 0.1) is 12.8 Å². The van der Waals surface area contributed by atoms with E-state index in [1.54, 1.807) is 24.3 Å². The number of carbonyl (C=O) groups is 4. The van der Waals surface area contributed by atoms with Gasteiger partial charge in [-0.25, -0.2) is 4.79 Å². The number of nitrogens with one attached hydrogen (secondary N) is 4. The molecule has 0 aliphatic carbocycles. The van der Waals surface area contributed by atoms with Crippen molar-refractivity contribution in [2.45, 2.75) is 70.0 Å². The number of aliphatic hydroxyl groups excluding tert-OH is 1. The highest BCUT2D eigenvalue weighted by Gasteiger charge is 2.36. The molecule has 2 unspecified atom stereocenters. The molecule has 1 aliphatic rings. The molecule has 0 radical (unpaired) electrons. The Labute approximate surface area is 269 Å². The topological polar surface area (TPSA) is 172 Å². The van der Waals surface area contributed by atoms with E-state index in [1.807, 2.05) is 67.6 Å².